The molecule has 3 aromatic carbocycles. The molecule has 0 radical (unpaired) electrons. The molecule has 0 aliphatic carbocycles. The van der Waals surface area contributed by atoms with Crippen molar-refractivity contribution in [3.8, 4) is 0 Å². The van der Waals surface area contributed by atoms with Crippen molar-refractivity contribution in [2.24, 2.45) is 0 Å². The predicted molar refractivity (Wildman–Crippen MR) is 137 cm³/mol. The molecule has 35 heavy (non-hydrogen) atoms. The average Bonchev–Trinajstić information content (AvgIpc) is 3.20. The highest BCUT2D eigenvalue weighted by Crippen LogP contribution is 2.49. The Balaban J connectivity index is 1.75. The standard InChI is InChI=1S/C28H28N2O4S/c1-19-26(21-14-8-10-16-23(21)29(19)18-25(31)34-28(2,3)4)27-22-15-9-11-17-24(22)35(32,33)30(27)20-12-6-5-7-13-20/h5-17,27H,18H2,1-4H3. The van der Waals surface area contributed by atoms with E-state index < -0.39 is 21.7 Å². The van der Waals surface area contributed by atoms with Gasteiger partial charge in [-0.05, 0) is 52.0 Å². The second-order valence-electron chi connectivity index (χ2n) is 9.77. The van der Waals surface area contributed by atoms with Gasteiger partial charge in [0.25, 0.3) is 10.0 Å². The molecule has 0 fully saturated rings. The average molecular weight is 489 g/mol. The fourth-order valence-electron chi connectivity index (χ4n) is 4.96. The molecule has 0 amide bonds. The second-order valence-corrected chi connectivity index (χ2v) is 11.5. The van der Waals surface area contributed by atoms with E-state index in [1.807, 2.05) is 99.0 Å². The topological polar surface area (TPSA) is 68.6 Å². The minimum Gasteiger partial charge on any atom is -0.459 e. The van der Waals surface area contributed by atoms with Gasteiger partial charge in [-0.3, -0.25) is 9.10 Å². The van der Waals surface area contributed by atoms with Crippen LogP contribution in [0, 0.1) is 6.92 Å². The number of aromatic nitrogens is 1. The van der Waals surface area contributed by atoms with Crippen molar-refractivity contribution < 1.29 is 17.9 Å². The van der Waals surface area contributed by atoms with Crippen molar-refractivity contribution in [3.05, 3.63) is 95.7 Å². The van der Waals surface area contributed by atoms with Crippen LogP contribution in [0.15, 0.2) is 83.8 Å². The summed E-state index contributed by atoms with van der Waals surface area (Å²) in [5.41, 5.74) is 3.27. The number of rotatable bonds is 4. The Morgan fingerprint density at radius 3 is 2.26 bits per heavy atom. The molecule has 7 heteroatoms. The Morgan fingerprint density at radius 2 is 1.54 bits per heavy atom. The molecule has 5 rings (SSSR count). The van der Waals surface area contributed by atoms with Gasteiger partial charge in [-0.2, -0.15) is 0 Å². The Labute approximate surface area is 205 Å². The zero-order chi connectivity index (χ0) is 25.0. The molecule has 0 spiro atoms. The molecule has 0 N–H and O–H groups in total. The number of fused-ring (bicyclic) bond motifs is 2. The van der Waals surface area contributed by atoms with Gasteiger partial charge >= 0.3 is 5.97 Å². The SMILES string of the molecule is Cc1c(C2c3ccccc3S(=O)(=O)N2c2ccccc2)c2ccccc2n1CC(=O)OC(C)(C)C. The van der Waals surface area contributed by atoms with Gasteiger partial charge in [0, 0.05) is 27.7 Å². The van der Waals surface area contributed by atoms with Gasteiger partial charge in [0.15, 0.2) is 0 Å². The molecule has 1 unspecified atom stereocenters. The highest BCUT2D eigenvalue weighted by atomic mass is 32.2. The summed E-state index contributed by atoms with van der Waals surface area (Å²) in [6.45, 7) is 7.51. The van der Waals surface area contributed by atoms with Crippen LogP contribution in [0.4, 0.5) is 5.69 Å². The summed E-state index contributed by atoms with van der Waals surface area (Å²) in [7, 11) is -3.79. The zero-order valence-corrected chi connectivity index (χ0v) is 21.0. The fraction of sp³-hybridized carbons (Fsp3) is 0.250. The van der Waals surface area contributed by atoms with E-state index in [-0.39, 0.29) is 12.5 Å². The summed E-state index contributed by atoms with van der Waals surface area (Å²) in [5, 5.41) is 0.909. The number of hydrogen-bond donors (Lipinski definition) is 0. The first-order valence-corrected chi connectivity index (χ1v) is 13.0. The van der Waals surface area contributed by atoms with Crippen molar-refractivity contribution in [1.82, 2.24) is 4.57 Å². The highest BCUT2D eigenvalue weighted by molar-refractivity contribution is 7.93. The first-order valence-electron chi connectivity index (χ1n) is 11.6. The molecular weight excluding hydrogens is 460 g/mol. The van der Waals surface area contributed by atoms with Gasteiger partial charge in [0.1, 0.15) is 12.1 Å². The molecule has 6 nitrogen and oxygen atoms in total. The maximum atomic E-state index is 13.8. The van der Waals surface area contributed by atoms with E-state index in [9.17, 15) is 13.2 Å². The molecule has 4 aromatic rings. The van der Waals surface area contributed by atoms with E-state index in [0.29, 0.717) is 10.6 Å². The zero-order valence-electron chi connectivity index (χ0n) is 20.2. The molecule has 1 aliphatic rings. The van der Waals surface area contributed by atoms with Crippen molar-refractivity contribution in [2.45, 2.75) is 50.8 Å². The lowest BCUT2D eigenvalue weighted by molar-refractivity contribution is -0.155. The van der Waals surface area contributed by atoms with E-state index in [2.05, 4.69) is 0 Å². The number of nitrogens with zero attached hydrogens (tertiary/aromatic N) is 2. The van der Waals surface area contributed by atoms with Crippen LogP contribution in [0.25, 0.3) is 10.9 Å². The van der Waals surface area contributed by atoms with Crippen LogP contribution in [-0.2, 0) is 26.1 Å². The normalized spacial score (nSPS) is 16.9. The van der Waals surface area contributed by atoms with Crippen LogP contribution >= 0.6 is 0 Å². The number of carbonyl (C=O) groups excluding carboxylic acids is 1. The lowest BCUT2D eigenvalue weighted by atomic mass is 9.95. The van der Waals surface area contributed by atoms with Crippen LogP contribution in [-0.4, -0.2) is 24.6 Å². The monoisotopic (exact) mass is 488 g/mol. The van der Waals surface area contributed by atoms with Gasteiger partial charge in [-0.15, -0.1) is 0 Å². The molecule has 180 valence electrons. The summed E-state index contributed by atoms with van der Waals surface area (Å²) >= 11 is 0. The van der Waals surface area contributed by atoms with Crippen LogP contribution in [0.3, 0.4) is 0 Å². The number of anilines is 1. The van der Waals surface area contributed by atoms with Gasteiger partial charge in [0.05, 0.1) is 16.6 Å². The van der Waals surface area contributed by atoms with Crippen molar-refractivity contribution in [3.63, 3.8) is 0 Å². The number of sulfonamides is 1. The molecule has 0 bridgehead atoms. The van der Waals surface area contributed by atoms with Crippen molar-refractivity contribution in [1.29, 1.82) is 0 Å². The largest absolute Gasteiger partial charge is 0.459 e. The smallest absolute Gasteiger partial charge is 0.326 e. The van der Waals surface area contributed by atoms with E-state index in [1.54, 1.807) is 12.1 Å². The van der Waals surface area contributed by atoms with Gasteiger partial charge in [-0.25, -0.2) is 8.42 Å². The van der Waals surface area contributed by atoms with Gasteiger partial charge < -0.3 is 9.30 Å². The first kappa shape index (κ1) is 23.2. The summed E-state index contributed by atoms with van der Waals surface area (Å²) in [5.74, 6) is -0.340. The Hall–Kier alpha value is -3.58. The van der Waals surface area contributed by atoms with Gasteiger partial charge in [-0.1, -0.05) is 54.6 Å². The molecule has 0 saturated carbocycles. The minimum atomic E-state index is -3.79. The number of esters is 1. The summed E-state index contributed by atoms with van der Waals surface area (Å²) in [6.07, 6.45) is 0. The number of para-hydroxylation sites is 2. The minimum absolute atomic E-state index is 0.0378. The quantitative estimate of drug-likeness (QED) is 0.351. The first-order chi connectivity index (χ1) is 16.6. The van der Waals surface area contributed by atoms with Crippen molar-refractivity contribution >= 4 is 32.6 Å². The van der Waals surface area contributed by atoms with Crippen LogP contribution < -0.4 is 4.31 Å². The second kappa shape index (κ2) is 8.27. The number of carbonyl (C=O) groups is 1. The molecular formula is C28H28N2O4S. The third-order valence-electron chi connectivity index (χ3n) is 6.26. The van der Waals surface area contributed by atoms with E-state index in [1.165, 1.54) is 4.31 Å². The lowest BCUT2D eigenvalue weighted by Crippen LogP contribution is -2.29. The summed E-state index contributed by atoms with van der Waals surface area (Å²) in [4.78, 5) is 13.1. The fourth-order valence-corrected chi connectivity index (χ4v) is 6.79. The number of benzene rings is 3. The van der Waals surface area contributed by atoms with Crippen LogP contribution in [0.5, 0.6) is 0 Å². The van der Waals surface area contributed by atoms with Crippen molar-refractivity contribution in [2.75, 3.05) is 4.31 Å². The molecule has 1 atom stereocenters. The lowest BCUT2D eigenvalue weighted by Gasteiger charge is -2.26. The van der Waals surface area contributed by atoms with E-state index in [0.717, 1.165) is 27.7 Å². The van der Waals surface area contributed by atoms with E-state index >= 15 is 0 Å². The van der Waals surface area contributed by atoms with Crippen LogP contribution in [0.1, 0.15) is 43.6 Å². The molecule has 0 saturated heterocycles. The Morgan fingerprint density at radius 1 is 0.914 bits per heavy atom. The summed E-state index contributed by atoms with van der Waals surface area (Å²) < 4.78 is 36.6. The number of ether oxygens (including phenoxy) is 1. The third-order valence-corrected chi connectivity index (χ3v) is 8.12. The molecule has 2 heterocycles. The maximum Gasteiger partial charge on any atom is 0.326 e. The summed E-state index contributed by atoms with van der Waals surface area (Å²) in [6, 6.07) is 23.6. The highest BCUT2D eigenvalue weighted by Gasteiger charge is 2.45. The molecule has 1 aliphatic heterocycles. The Bertz CT molecular complexity index is 1530. The van der Waals surface area contributed by atoms with Gasteiger partial charge in [0.2, 0.25) is 0 Å². The molecule has 1 aromatic heterocycles. The maximum absolute atomic E-state index is 13.8. The van der Waals surface area contributed by atoms with E-state index in [4.69, 9.17) is 4.74 Å². The number of hydrogen-bond acceptors (Lipinski definition) is 4. The Kier molecular flexibility index (Phi) is 5.48. The predicted octanol–water partition coefficient (Wildman–Crippen LogP) is 5.59. The third kappa shape index (κ3) is 3.90. The van der Waals surface area contributed by atoms with Crippen LogP contribution in [0.2, 0.25) is 0 Å².